The van der Waals surface area contributed by atoms with E-state index in [1.54, 1.807) is 6.07 Å². The van der Waals surface area contributed by atoms with Crippen molar-refractivity contribution in [2.45, 2.75) is 45.6 Å². The van der Waals surface area contributed by atoms with E-state index in [4.69, 9.17) is 0 Å². The van der Waals surface area contributed by atoms with E-state index in [0.29, 0.717) is 0 Å². The molecule has 0 radical (unpaired) electrons. The number of rotatable bonds is 5. The van der Waals surface area contributed by atoms with Crippen molar-refractivity contribution in [3.63, 3.8) is 0 Å². The quantitative estimate of drug-likeness (QED) is 0.875. The van der Waals surface area contributed by atoms with Crippen LogP contribution in [0.5, 0.6) is 0 Å². The minimum absolute atomic E-state index is 0.114. The smallest absolute Gasteiger partial charge is 0.226 e. The van der Waals surface area contributed by atoms with Crippen LogP contribution < -0.4 is 10.6 Å². The van der Waals surface area contributed by atoms with Crippen LogP contribution >= 0.6 is 0 Å². The molecule has 0 spiro atoms. The Balaban J connectivity index is 2.07. The number of carbonyl (C=O) groups is 1. The molecule has 0 aliphatic carbocycles. The normalized spacial score (nSPS) is 19.0. The molecule has 0 bridgehead atoms. The summed E-state index contributed by atoms with van der Waals surface area (Å²) in [6.45, 7) is 5.81. The van der Waals surface area contributed by atoms with Crippen LogP contribution in [0.15, 0.2) is 24.3 Å². The van der Waals surface area contributed by atoms with Crippen LogP contribution in [0, 0.1) is 11.2 Å². The van der Waals surface area contributed by atoms with Gasteiger partial charge in [-0.3, -0.25) is 4.79 Å². The van der Waals surface area contributed by atoms with Crippen molar-refractivity contribution in [2.24, 2.45) is 5.41 Å². The first-order valence-corrected chi connectivity index (χ1v) is 7.84. The van der Waals surface area contributed by atoms with Gasteiger partial charge in [0, 0.05) is 0 Å². The van der Waals surface area contributed by atoms with Crippen LogP contribution in [0.3, 0.4) is 0 Å². The Kier molecular flexibility index (Phi) is 5.34. The van der Waals surface area contributed by atoms with Gasteiger partial charge >= 0.3 is 0 Å². The van der Waals surface area contributed by atoms with E-state index in [0.717, 1.165) is 44.3 Å². The van der Waals surface area contributed by atoms with Crippen LogP contribution in [0.2, 0.25) is 0 Å². The molecule has 2 N–H and O–H groups in total. The number of carbonyl (C=O) groups excluding carboxylic acids is 1. The average Bonchev–Trinajstić information content (AvgIpc) is 2.48. The van der Waals surface area contributed by atoms with Crippen molar-refractivity contribution in [2.75, 3.05) is 13.1 Å². The zero-order valence-electron chi connectivity index (χ0n) is 12.9. The maximum atomic E-state index is 13.3. The van der Waals surface area contributed by atoms with E-state index in [2.05, 4.69) is 17.6 Å². The van der Waals surface area contributed by atoms with Crippen LogP contribution in [-0.2, 0) is 4.79 Å². The van der Waals surface area contributed by atoms with Crippen LogP contribution in [0.25, 0.3) is 0 Å². The third kappa shape index (κ3) is 3.82. The summed E-state index contributed by atoms with van der Waals surface area (Å²) in [5.41, 5.74) is 0.547. The van der Waals surface area contributed by atoms with Crippen molar-refractivity contribution in [3.8, 4) is 0 Å². The Labute approximate surface area is 126 Å². The van der Waals surface area contributed by atoms with Crippen molar-refractivity contribution < 1.29 is 9.18 Å². The molecule has 1 aliphatic heterocycles. The molecule has 1 atom stereocenters. The summed E-state index contributed by atoms with van der Waals surface area (Å²) >= 11 is 0. The molecule has 1 fully saturated rings. The van der Waals surface area contributed by atoms with Crippen molar-refractivity contribution in [1.29, 1.82) is 0 Å². The van der Waals surface area contributed by atoms with E-state index < -0.39 is 0 Å². The predicted molar refractivity (Wildman–Crippen MR) is 82.4 cm³/mol. The molecule has 2 rings (SSSR count). The maximum absolute atomic E-state index is 13.3. The van der Waals surface area contributed by atoms with Crippen molar-refractivity contribution in [3.05, 3.63) is 35.6 Å². The second kappa shape index (κ2) is 7.03. The molecule has 1 aromatic rings. The molecule has 1 aliphatic rings. The van der Waals surface area contributed by atoms with Gasteiger partial charge in [0.05, 0.1) is 11.5 Å². The lowest BCUT2D eigenvalue weighted by Crippen LogP contribution is -2.48. The first kappa shape index (κ1) is 16.0. The Hall–Kier alpha value is -1.42. The number of amides is 1. The molecule has 0 unspecified atom stereocenters. The molecule has 3 nitrogen and oxygen atoms in total. The summed E-state index contributed by atoms with van der Waals surface area (Å²) in [7, 11) is 0. The molecule has 1 saturated heterocycles. The van der Waals surface area contributed by atoms with E-state index in [1.165, 1.54) is 12.1 Å². The third-order valence-corrected chi connectivity index (χ3v) is 4.47. The Morgan fingerprint density at radius 3 is 2.76 bits per heavy atom. The highest BCUT2D eigenvalue weighted by Crippen LogP contribution is 2.35. The highest BCUT2D eigenvalue weighted by Gasteiger charge is 2.38. The number of hydrogen-bond donors (Lipinski definition) is 2. The van der Waals surface area contributed by atoms with Gasteiger partial charge in [0.25, 0.3) is 0 Å². The first-order valence-electron chi connectivity index (χ1n) is 7.84. The Bertz CT molecular complexity index is 478. The Morgan fingerprint density at radius 1 is 1.43 bits per heavy atom. The third-order valence-electron chi connectivity index (χ3n) is 4.47. The van der Waals surface area contributed by atoms with Crippen LogP contribution in [0.4, 0.5) is 4.39 Å². The summed E-state index contributed by atoms with van der Waals surface area (Å²) in [6, 6.07) is 6.27. The number of halogens is 1. The highest BCUT2D eigenvalue weighted by atomic mass is 19.1. The van der Waals surface area contributed by atoms with Gasteiger partial charge < -0.3 is 10.6 Å². The largest absolute Gasteiger partial charge is 0.349 e. The van der Waals surface area contributed by atoms with Gasteiger partial charge in [-0.25, -0.2) is 4.39 Å². The van der Waals surface area contributed by atoms with Crippen LogP contribution in [-0.4, -0.2) is 19.0 Å². The maximum Gasteiger partial charge on any atom is 0.226 e. The molecular weight excluding hydrogens is 267 g/mol. The van der Waals surface area contributed by atoms with Gasteiger partial charge in [0.1, 0.15) is 5.82 Å². The minimum Gasteiger partial charge on any atom is -0.349 e. The van der Waals surface area contributed by atoms with E-state index >= 15 is 0 Å². The molecular formula is C17H25FN2O. The van der Waals surface area contributed by atoms with E-state index in [9.17, 15) is 9.18 Å². The van der Waals surface area contributed by atoms with Gasteiger partial charge in [-0.2, -0.15) is 0 Å². The highest BCUT2D eigenvalue weighted by molar-refractivity contribution is 5.83. The van der Waals surface area contributed by atoms with Gasteiger partial charge in [-0.1, -0.05) is 25.5 Å². The molecule has 116 valence electrons. The fraction of sp³-hybridized carbons (Fsp3) is 0.588. The zero-order chi connectivity index (χ0) is 15.3. The van der Waals surface area contributed by atoms with E-state index in [-0.39, 0.29) is 23.2 Å². The molecule has 4 heteroatoms. The van der Waals surface area contributed by atoms with Gasteiger partial charge in [-0.05, 0) is 57.0 Å². The van der Waals surface area contributed by atoms with Gasteiger partial charge in [0.15, 0.2) is 0 Å². The first-order chi connectivity index (χ1) is 10.1. The second-order valence-corrected chi connectivity index (χ2v) is 6.03. The van der Waals surface area contributed by atoms with Crippen molar-refractivity contribution >= 4 is 5.91 Å². The fourth-order valence-corrected chi connectivity index (χ4v) is 3.18. The molecule has 0 saturated carbocycles. The van der Waals surface area contributed by atoms with E-state index in [1.807, 2.05) is 13.0 Å². The number of benzene rings is 1. The topological polar surface area (TPSA) is 41.1 Å². The fourth-order valence-electron chi connectivity index (χ4n) is 3.18. The number of nitrogens with one attached hydrogen (secondary N) is 2. The monoisotopic (exact) mass is 292 g/mol. The standard InChI is InChI=1S/C17H25FN2O/c1-3-7-17(8-10-19-11-9-17)16(21)20-13(2)14-5-4-6-15(18)12-14/h4-6,12-13,19H,3,7-11H2,1-2H3,(H,20,21)/t13-/m1/s1. The lowest BCUT2D eigenvalue weighted by Gasteiger charge is -2.37. The summed E-state index contributed by atoms with van der Waals surface area (Å²) in [6.07, 6.45) is 3.67. The predicted octanol–water partition coefficient (Wildman–Crippen LogP) is 3.17. The molecule has 1 aromatic carbocycles. The van der Waals surface area contributed by atoms with Crippen molar-refractivity contribution in [1.82, 2.24) is 10.6 Å². The SMILES string of the molecule is CCCC1(C(=O)N[C@H](C)c2cccc(F)c2)CCNCC1. The second-order valence-electron chi connectivity index (χ2n) is 6.03. The Morgan fingerprint density at radius 2 is 2.14 bits per heavy atom. The lowest BCUT2D eigenvalue weighted by atomic mass is 9.74. The van der Waals surface area contributed by atoms with Crippen LogP contribution in [0.1, 0.15) is 51.1 Å². The zero-order valence-corrected chi connectivity index (χ0v) is 12.9. The van der Waals surface area contributed by atoms with Gasteiger partial charge in [-0.15, -0.1) is 0 Å². The summed E-state index contributed by atoms with van der Waals surface area (Å²) < 4.78 is 13.3. The number of piperidine rings is 1. The molecule has 1 amide bonds. The van der Waals surface area contributed by atoms with Gasteiger partial charge in [0.2, 0.25) is 5.91 Å². The summed E-state index contributed by atoms with van der Waals surface area (Å²) in [4.78, 5) is 12.7. The summed E-state index contributed by atoms with van der Waals surface area (Å²) in [5, 5.41) is 6.40. The minimum atomic E-state index is -0.265. The molecule has 1 heterocycles. The average molecular weight is 292 g/mol. The number of hydrogen-bond acceptors (Lipinski definition) is 2. The summed E-state index contributed by atoms with van der Waals surface area (Å²) in [5.74, 6) is -0.152. The molecule has 21 heavy (non-hydrogen) atoms. The lowest BCUT2D eigenvalue weighted by molar-refractivity contribution is -0.133. The molecule has 0 aromatic heterocycles.